The van der Waals surface area contributed by atoms with E-state index in [2.05, 4.69) is 4.84 Å². The summed E-state index contributed by atoms with van der Waals surface area (Å²) in [5.74, 6) is -0.566. The van der Waals surface area contributed by atoms with Gasteiger partial charge in [0.25, 0.3) is 5.69 Å². The quantitative estimate of drug-likeness (QED) is 0.422. The summed E-state index contributed by atoms with van der Waals surface area (Å²) in [6, 6.07) is 4.07. The van der Waals surface area contributed by atoms with Crippen molar-refractivity contribution in [2.24, 2.45) is 0 Å². The number of carbonyl (C=O) groups is 2. The molecule has 132 valence electrons. The van der Waals surface area contributed by atoms with Crippen LogP contribution in [0.4, 0.5) is 10.5 Å². The van der Waals surface area contributed by atoms with Gasteiger partial charge in [-0.3, -0.25) is 10.1 Å². The van der Waals surface area contributed by atoms with Crippen molar-refractivity contribution in [3.8, 4) is 0 Å². The van der Waals surface area contributed by atoms with Crippen LogP contribution >= 0.6 is 0 Å². The van der Waals surface area contributed by atoms with E-state index >= 15 is 0 Å². The van der Waals surface area contributed by atoms with Crippen molar-refractivity contribution in [2.75, 3.05) is 0 Å². The first kappa shape index (κ1) is 19.4. The SMILES string of the molecule is CCCCCC(=O)ONC(=O)OCc1ccc(CO)c([N+](=O)[O-])c1. The molecule has 0 bridgehead atoms. The van der Waals surface area contributed by atoms with Gasteiger partial charge in [0.2, 0.25) is 0 Å². The van der Waals surface area contributed by atoms with Gasteiger partial charge in [0, 0.05) is 12.5 Å². The molecule has 0 saturated heterocycles. The standard InChI is InChI=1S/C15H20N2O7/c1-2-3-4-5-14(19)24-16-15(20)23-10-11-6-7-12(9-18)13(8-11)17(21)22/h6-8,18H,2-5,9-10H2,1H3,(H,16,20). The fourth-order valence-electron chi connectivity index (χ4n) is 1.85. The largest absolute Gasteiger partial charge is 0.443 e. The Morgan fingerprint density at radius 1 is 1.33 bits per heavy atom. The highest BCUT2D eigenvalue weighted by Crippen LogP contribution is 2.20. The molecule has 0 radical (unpaired) electrons. The van der Waals surface area contributed by atoms with Crippen LogP contribution in [0.1, 0.15) is 43.7 Å². The number of ether oxygens (including phenoxy) is 1. The molecule has 9 heteroatoms. The van der Waals surface area contributed by atoms with Crippen LogP contribution in [0.3, 0.4) is 0 Å². The number of rotatable bonds is 8. The van der Waals surface area contributed by atoms with Gasteiger partial charge in [-0.1, -0.05) is 25.8 Å². The van der Waals surface area contributed by atoms with Gasteiger partial charge in [0.05, 0.1) is 17.1 Å². The molecule has 1 rings (SSSR count). The maximum absolute atomic E-state index is 11.4. The third-order valence-electron chi connectivity index (χ3n) is 3.12. The van der Waals surface area contributed by atoms with E-state index in [-0.39, 0.29) is 24.3 Å². The molecule has 0 aromatic heterocycles. The fraction of sp³-hybridized carbons (Fsp3) is 0.467. The number of nitrogens with one attached hydrogen (secondary N) is 1. The van der Waals surface area contributed by atoms with E-state index < -0.39 is 23.6 Å². The highest BCUT2D eigenvalue weighted by molar-refractivity contribution is 5.73. The maximum atomic E-state index is 11.4. The number of nitro benzene ring substituents is 1. The van der Waals surface area contributed by atoms with Gasteiger partial charge >= 0.3 is 12.1 Å². The molecule has 0 saturated carbocycles. The summed E-state index contributed by atoms with van der Waals surface area (Å²) < 4.78 is 4.80. The number of carbonyl (C=O) groups excluding carboxylic acids is 2. The number of aliphatic hydroxyl groups excluding tert-OH is 1. The first-order chi connectivity index (χ1) is 11.5. The molecule has 1 aromatic rings. The van der Waals surface area contributed by atoms with Gasteiger partial charge in [-0.15, -0.1) is 5.48 Å². The minimum atomic E-state index is -0.979. The van der Waals surface area contributed by atoms with Crippen LogP contribution in [0.5, 0.6) is 0 Å². The van der Waals surface area contributed by atoms with Crippen molar-refractivity contribution in [3.63, 3.8) is 0 Å². The Hall–Kier alpha value is -2.68. The maximum Gasteiger partial charge on any atom is 0.441 e. The Labute approximate surface area is 138 Å². The van der Waals surface area contributed by atoms with Gasteiger partial charge < -0.3 is 14.7 Å². The number of hydrogen-bond donors (Lipinski definition) is 2. The molecular formula is C15H20N2O7. The monoisotopic (exact) mass is 340 g/mol. The second-order valence-electron chi connectivity index (χ2n) is 4.99. The molecule has 1 aromatic carbocycles. The predicted octanol–water partition coefficient (Wildman–Crippen LogP) is 2.35. The number of benzene rings is 1. The van der Waals surface area contributed by atoms with E-state index in [1.807, 2.05) is 12.4 Å². The fourth-order valence-corrected chi connectivity index (χ4v) is 1.85. The highest BCUT2D eigenvalue weighted by Gasteiger charge is 2.15. The lowest BCUT2D eigenvalue weighted by Crippen LogP contribution is -2.27. The summed E-state index contributed by atoms with van der Waals surface area (Å²) >= 11 is 0. The molecule has 0 fully saturated rings. The average Bonchev–Trinajstić information content (AvgIpc) is 2.58. The molecule has 0 atom stereocenters. The number of amides is 1. The second kappa shape index (κ2) is 10.2. The Morgan fingerprint density at radius 3 is 2.71 bits per heavy atom. The summed E-state index contributed by atoms with van der Waals surface area (Å²) in [7, 11) is 0. The summed E-state index contributed by atoms with van der Waals surface area (Å²) in [5, 5.41) is 19.9. The van der Waals surface area contributed by atoms with Gasteiger partial charge in [-0.2, -0.15) is 0 Å². The molecule has 0 aliphatic rings. The molecule has 2 N–H and O–H groups in total. The number of nitrogens with zero attached hydrogens (tertiary/aromatic N) is 1. The molecule has 0 aliphatic carbocycles. The molecule has 0 unspecified atom stereocenters. The number of aliphatic hydroxyl groups is 1. The van der Waals surface area contributed by atoms with Crippen LogP contribution in [-0.2, 0) is 27.6 Å². The lowest BCUT2D eigenvalue weighted by atomic mass is 10.1. The summed E-state index contributed by atoms with van der Waals surface area (Å²) in [6.45, 7) is 1.29. The number of hydroxylamine groups is 1. The molecule has 0 spiro atoms. The van der Waals surface area contributed by atoms with E-state index in [0.717, 1.165) is 12.8 Å². The number of unbranched alkanes of at least 4 members (excludes halogenated alkanes) is 2. The van der Waals surface area contributed by atoms with Gasteiger partial charge in [-0.25, -0.2) is 9.59 Å². The molecular weight excluding hydrogens is 320 g/mol. The van der Waals surface area contributed by atoms with Crippen LogP contribution in [-0.4, -0.2) is 22.1 Å². The average molecular weight is 340 g/mol. The minimum absolute atomic E-state index is 0.161. The normalized spacial score (nSPS) is 10.1. The van der Waals surface area contributed by atoms with Crippen LogP contribution in [0.25, 0.3) is 0 Å². The number of nitro groups is 1. The van der Waals surface area contributed by atoms with Crippen LogP contribution in [0.15, 0.2) is 18.2 Å². The number of hydrogen-bond acceptors (Lipinski definition) is 7. The third kappa shape index (κ3) is 6.61. The first-order valence-corrected chi connectivity index (χ1v) is 7.47. The molecule has 9 nitrogen and oxygen atoms in total. The summed E-state index contributed by atoms with van der Waals surface area (Å²) in [6.07, 6.45) is 1.75. The van der Waals surface area contributed by atoms with Crippen molar-refractivity contribution < 1.29 is 29.2 Å². The van der Waals surface area contributed by atoms with Crippen LogP contribution < -0.4 is 5.48 Å². The first-order valence-electron chi connectivity index (χ1n) is 7.47. The topological polar surface area (TPSA) is 128 Å². The Kier molecular flexibility index (Phi) is 8.20. The van der Waals surface area contributed by atoms with Crippen molar-refractivity contribution in [3.05, 3.63) is 39.4 Å². The zero-order valence-corrected chi connectivity index (χ0v) is 13.3. The molecule has 0 aliphatic heterocycles. The van der Waals surface area contributed by atoms with E-state index in [9.17, 15) is 19.7 Å². The lowest BCUT2D eigenvalue weighted by Gasteiger charge is -2.08. The zero-order valence-electron chi connectivity index (χ0n) is 13.3. The Morgan fingerprint density at radius 2 is 2.08 bits per heavy atom. The predicted molar refractivity (Wildman–Crippen MR) is 82.6 cm³/mol. The Balaban J connectivity index is 2.43. The van der Waals surface area contributed by atoms with Gasteiger partial charge in [0.15, 0.2) is 0 Å². The van der Waals surface area contributed by atoms with Gasteiger partial charge in [-0.05, 0) is 18.1 Å². The minimum Gasteiger partial charge on any atom is -0.443 e. The summed E-state index contributed by atoms with van der Waals surface area (Å²) in [4.78, 5) is 37.5. The van der Waals surface area contributed by atoms with Crippen molar-refractivity contribution in [2.45, 2.75) is 45.8 Å². The molecule has 24 heavy (non-hydrogen) atoms. The van der Waals surface area contributed by atoms with Crippen LogP contribution in [0, 0.1) is 10.1 Å². The van der Waals surface area contributed by atoms with E-state index in [0.29, 0.717) is 12.0 Å². The third-order valence-corrected chi connectivity index (χ3v) is 3.12. The smallest absolute Gasteiger partial charge is 0.441 e. The van der Waals surface area contributed by atoms with Crippen LogP contribution in [0.2, 0.25) is 0 Å². The van der Waals surface area contributed by atoms with Crippen molar-refractivity contribution in [1.82, 2.24) is 5.48 Å². The summed E-state index contributed by atoms with van der Waals surface area (Å²) in [5.41, 5.74) is 2.12. The second-order valence-corrected chi connectivity index (χ2v) is 4.99. The van der Waals surface area contributed by atoms with Crippen molar-refractivity contribution in [1.29, 1.82) is 0 Å². The molecule has 1 amide bonds. The van der Waals surface area contributed by atoms with Crippen molar-refractivity contribution >= 4 is 17.7 Å². The zero-order chi connectivity index (χ0) is 17.9. The lowest BCUT2D eigenvalue weighted by molar-refractivity contribution is -0.385. The van der Waals surface area contributed by atoms with Gasteiger partial charge in [0.1, 0.15) is 6.61 Å². The molecule has 0 heterocycles. The van der Waals surface area contributed by atoms with E-state index in [1.54, 1.807) is 0 Å². The van der Waals surface area contributed by atoms with E-state index in [4.69, 9.17) is 9.84 Å². The van der Waals surface area contributed by atoms with E-state index in [1.165, 1.54) is 18.2 Å². The Bertz CT molecular complexity index is 589. The highest BCUT2D eigenvalue weighted by atomic mass is 16.7.